The van der Waals surface area contributed by atoms with Gasteiger partial charge in [-0.25, -0.2) is 4.39 Å². The van der Waals surface area contributed by atoms with Crippen LogP contribution in [0.1, 0.15) is 5.56 Å². The van der Waals surface area contributed by atoms with Gasteiger partial charge in [-0.05, 0) is 75.5 Å². The summed E-state index contributed by atoms with van der Waals surface area (Å²) in [7, 11) is 1.59. The van der Waals surface area contributed by atoms with Gasteiger partial charge < -0.3 is 4.74 Å². The van der Waals surface area contributed by atoms with E-state index in [9.17, 15) is 9.18 Å². The summed E-state index contributed by atoms with van der Waals surface area (Å²) in [6, 6.07) is 10.0. The molecule has 2 aromatic carbocycles. The third-order valence-electron chi connectivity index (χ3n) is 3.41. The normalized spacial score (nSPS) is 16.0. The summed E-state index contributed by atoms with van der Waals surface area (Å²) in [5.74, 6) is -0.130. The predicted octanol–water partition coefficient (Wildman–Crippen LogP) is 5.45. The molecule has 0 aromatic heterocycles. The number of halogens is 3. The van der Waals surface area contributed by atoms with E-state index in [0.29, 0.717) is 15.0 Å². The lowest BCUT2D eigenvalue weighted by Crippen LogP contribution is -2.28. The van der Waals surface area contributed by atoms with E-state index in [1.807, 2.05) is 12.1 Å². The second-order valence-electron chi connectivity index (χ2n) is 4.98. The molecule has 1 amide bonds. The highest BCUT2D eigenvalue weighted by atomic mass is 127. The highest BCUT2D eigenvalue weighted by Gasteiger charge is 2.34. The lowest BCUT2D eigenvalue weighted by Gasteiger charge is -2.15. The van der Waals surface area contributed by atoms with Gasteiger partial charge in [0.1, 0.15) is 11.6 Å². The van der Waals surface area contributed by atoms with Crippen molar-refractivity contribution < 1.29 is 13.9 Å². The van der Waals surface area contributed by atoms with Crippen LogP contribution < -0.4 is 9.64 Å². The van der Waals surface area contributed by atoms with Crippen molar-refractivity contribution in [1.29, 1.82) is 0 Å². The number of rotatable bonds is 3. The molecular formula is C17H10FI2NO2S2. The zero-order valence-corrected chi connectivity index (χ0v) is 18.7. The fraction of sp³-hybridized carbons (Fsp3) is 0.0588. The Morgan fingerprint density at radius 2 is 2.00 bits per heavy atom. The Kier molecular flexibility index (Phi) is 6.01. The minimum Gasteiger partial charge on any atom is -0.495 e. The molecule has 3 nitrogen and oxygen atoms in total. The van der Waals surface area contributed by atoms with Crippen LogP contribution in [0.4, 0.5) is 10.1 Å². The second kappa shape index (κ2) is 7.89. The molecule has 0 spiro atoms. The average Bonchev–Trinajstić information content (AvgIpc) is 2.82. The van der Waals surface area contributed by atoms with Crippen molar-refractivity contribution in [2.24, 2.45) is 0 Å². The summed E-state index contributed by atoms with van der Waals surface area (Å²) in [4.78, 5) is 14.4. The van der Waals surface area contributed by atoms with Crippen LogP contribution in [-0.4, -0.2) is 17.3 Å². The van der Waals surface area contributed by atoms with Gasteiger partial charge >= 0.3 is 0 Å². The first-order valence-corrected chi connectivity index (χ1v) is 10.4. The van der Waals surface area contributed by atoms with Crippen molar-refractivity contribution in [1.82, 2.24) is 0 Å². The number of carbonyl (C=O) groups excluding carboxylic acids is 1. The van der Waals surface area contributed by atoms with E-state index in [2.05, 4.69) is 45.2 Å². The monoisotopic (exact) mass is 597 g/mol. The van der Waals surface area contributed by atoms with E-state index >= 15 is 0 Å². The lowest BCUT2D eigenvalue weighted by atomic mass is 10.2. The van der Waals surface area contributed by atoms with E-state index in [0.717, 1.165) is 24.5 Å². The minimum absolute atomic E-state index is 0.164. The van der Waals surface area contributed by atoms with Crippen molar-refractivity contribution >= 4 is 91.2 Å². The number of thiocarbonyl (C=S) groups is 1. The number of carbonyl (C=O) groups is 1. The minimum atomic E-state index is -0.485. The van der Waals surface area contributed by atoms with Crippen LogP contribution in [-0.2, 0) is 4.79 Å². The van der Waals surface area contributed by atoms with Gasteiger partial charge in [-0.1, -0.05) is 36.1 Å². The molecular weight excluding hydrogens is 587 g/mol. The highest BCUT2D eigenvalue weighted by Crippen LogP contribution is 2.39. The van der Waals surface area contributed by atoms with Crippen molar-refractivity contribution in [2.75, 3.05) is 12.0 Å². The van der Waals surface area contributed by atoms with E-state index < -0.39 is 5.82 Å². The molecule has 25 heavy (non-hydrogen) atoms. The molecule has 2 aromatic rings. The predicted molar refractivity (Wildman–Crippen MR) is 120 cm³/mol. The van der Waals surface area contributed by atoms with E-state index in [-0.39, 0.29) is 11.6 Å². The van der Waals surface area contributed by atoms with Crippen LogP contribution in [0.5, 0.6) is 5.75 Å². The number of methoxy groups -OCH3 is 1. The number of hydrogen-bond acceptors (Lipinski definition) is 4. The van der Waals surface area contributed by atoms with E-state index in [1.54, 1.807) is 25.3 Å². The van der Waals surface area contributed by atoms with Gasteiger partial charge in [0.05, 0.1) is 21.3 Å². The lowest BCUT2D eigenvalue weighted by molar-refractivity contribution is -0.113. The number of anilines is 1. The topological polar surface area (TPSA) is 29.5 Å². The number of thioether (sulfide) groups is 1. The molecule has 3 rings (SSSR count). The van der Waals surface area contributed by atoms with Gasteiger partial charge in [-0.15, -0.1) is 0 Å². The summed E-state index contributed by atoms with van der Waals surface area (Å²) in [6.45, 7) is 0. The fourth-order valence-electron chi connectivity index (χ4n) is 2.35. The molecule has 0 saturated carbocycles. The van der Waals surface area contributed by atoms with Crippen molar-refractivity contribution in [3.63, 3.8) is 0 Å². The molecule has 1 aliphatic heterocycles. The first kappa shape index (κ1) is 19.1. The second-order valence-corrected chi connectivity index (χ2v) is 9.06. The molecule has 0 aliphatic carbocycles. The smallest absolute Gasteiger partial charge is 0.270 e. The van der Waals surface area contributed by atoms with Gasteiger partial charge in [-0.3, -0.25) is 9.69 Å². The Balaban J connectivity index is 2.04. The molecule has 1 saturated heterocycles. The van der Waals surface area contributed by atoms with Gasteiger partial charge in [0, 0.05) is 9.13 Å². The summed E-state index contributed by atoms with van der Waals surface area (Å²) < 4.78 is 21.8. The standard InChI is InChI=1S/C17H10FI2NO2S2/c1-23-15-9(6-10(19)8-12(15)20)7-14-16(22)21(17(24)25-14)13-5-3-2-4-11(13)18/h2-8H,1H3/b14-7-. The van der Waals surface area contributed by atoms with Crippen LogP contribution in [0.3, 0.4) is 0 Å². The number of benzene rings is 2. The molecule has 1 heterocycles. The zero-order valence-electron chi connectivity index (χ0n) is 12.8. The maximum Gasteiger partial charge on any atom is 0.270 e. The molecule has 8 heteroatoms. The van der Waals surface area contributed by atoms with E-state index in [4.69, 9.17) is 17.0 Å². The molecule has 1 fully saturated rings. The summed E-state index contributed by atoms with van der Waals surface area (Å²) in [6.07, 6.45) is 1.74. The summed E-state index contributed by atoms with van der Waals surface area (Å²) >= 11 is 10.8. The molecule has 1 aliphatic rings. The van der Waals surface area contributed by atoms with Gasteiger partial charge in [0.15, 0.2) is 4.32 Å². The van der Waals surface area contributed by atoms with Crippen LogP contribution in [0.2, 0.25) is 0 Å². The van der Waals surface area contributed by atoms with Crippen LogP contribution >= 0.6 is 69.2 Å². The average molecular weight is 597 g/mol. The van der Waals surface area contributed by atoms with Crippen LogP contribution in [0.15, 0.2) is 41.3 Å². The molecule has 128 valence electrons. The number of hydrogen-bond donors (Lipinski definition) is 0. The third kappa shape index (κ3) is 3.86. The maximum absolute atomic E-state index is 14.1. The summed E-state index contributed by atoms with van der Waals surface area (Å²) in [5, 5.41) is 0. The zero-order chi connectivity index (χ0) is 18.1. The van der Waals surface area contributed by atoms with Crippen molar-refractivity contribution in [2.45, 2.75) is 0 Å². The van der Waals surface area contributed by atoms with Gasteiger partial charge in [-0.2, -0.15) is 0 Å². The summed E-state index contributed by atoms with van der Waals surface area (Å²) in [5.41, 5.74) is 0.949. The highest BCUT2D eigenvalue weighted by molar-refractivity contribution is 14.1. The number of ether oxygens (including phenoxy) is 1. The SMILES string of the molecule is COc1c(I)cc(I)cc1/C=C1\SC(=S)N(c2ccccc2F)C1=O. The van der Waals surface area contributed by atoms with Crippen molar-refractivity contribution in [3.05, 3.63) is 59.8 Å². The quantitative estimate of drug-likeness (QED) is 0.268. The Labute approximate surface area is 181 Å². The molecule has 0 unspecified atom stereocenters. The Bertz CT molecular complexity index is 918. The Hall–Kier alpha value is -0.720. The van der Waals surface area contributed by atoms with Gasteiger partial charge in [0.2, 0.25) is 0 Å². The van der Waals surface area contributed by atoms with Crippen LogP contribution in [0.25, 0.3) is 6.08 Å². The fourth-order valence-corrected chi connectivity index (χ4v) is 5.74. The molecule has 0 radical (unpaired) electrons. The maximum atomic E-state index is 14.1. The largest absolute Gasteiger partial charge is 0.495 e. The molecule has 0 bridgehead atoms. The molecule has 0 atom stereocenters. The Morgan fingerprint density at radius 3 is 2.68 bits per heavy atom. The van der Waals surface area contributed by atoms with E-state index in [1.165, 1.54) is 17.0 Å². The van der Waals surface area contributed by atoms with Crippen LogP contribution in [0, 0.1) is 13.0 Å². The number of nitrogens with zero attached hydrogens (tertiary/aromatic N) is 1. The Morgan fingerprint density at radius 1 is 1.28 bits per heavy atom. The van der Waals surface area contributed by atoms with Crippen molar-refractivity contribution in [3.8, 4) is 5.75 Å². The first-order chi connectivity index (χ1) is 11.9. The van der Waals surface area contributed by atoms with Gasteiger partial charge in [0.25, 0.3) is 5.91 Å². The first-order valence-electron chi connectivity index (χ1n) is 6.98. The molecule has 0 N–H and O–H groups in total. The number of amides is 1. The number of para-hydroxylation sites is 1. The third-order valence-corrected chi connectivity index (χ3v) is 6.14.